The van der Waals surface area contributed by atoms with Crippen LogP contribution in [0.4, 0.5) is 0 Å². The molecule has 2 fully saturated rings. The molecule has 2 atom stereocenters. The van der Waals surface area contributed by atoms with E-state index >= 15 is 0 Å². The van der Waals surface area contributed by atoms with Crippen LogP contribution >= 0.6 is 0 Å². The van der Waals surface area contributed by atoms with Crippen LogP contribution in [0.3, 0.4) is 0 Å². The van der Waals surface area contributed by atoms with Gasteiger partial charge in [0.1, 0.15) is 0 Å². The van der Waals surface area contributed by atoms with Crippen LogP contribution in [0.1, 0.15) is 26.2 Å². The first kappa shape index (κ1) is 9.44. The number of hydrogen-bond donors (Lipinski definition) is 1. The molecule has 3 heteroatoms. The minimum atomic E-state index is -0.0809. The smallest absolute Gasteiger partial charge is 0.0828 e. The van der Waals surface area contributed by atoms with Crippen molar-refractivity contribution in [2.45, 2.75) is 44.4 Å². The Hall–Kier alpha value is -0.120. The van der Waals surface area contributed by atoms with Gasteiger partial charge in [0.25, 0.3) is 0 Å². The molecule has 0 amide bonds. The molecular weight excluding hydrogens is 166 g/mol. The number of aliphatic hydroxyl groups is 1. The van der Waals surface area contributed by atoms with Gasteiger partial charge in [-0.3, -0.25) is 4.90 Å². The minimum Gasteiger partial charge on any atom is -0.391 e. The largest absolute Gasteiger partial charge is 0.391 e. The van der Waals surface area contributed by atoms with Crippen molar-refractivity contribution in [1.82, 2.24) is 4.90 Å². The van der Waals surface area contributed by atoms with Crippen molar-refractivity contribution >= 4 is 0 Å². The zero-order valence-corrected chi connectivity index (χ0v) is 8.28. The molecule has 13 heavy (non-hydrogen) atoms. The van der Waals surface area contributed by atoms with Crippen molar-refractivity contribution in [2.75, 3.05) is 19.7 Å². The molecule has 0 spiro atoms. The first-order chi connectivity index (χ1) is 6.31. The summed E-state index contributed by atoms with van der Waals surface area (Å²) in [4.78, 5) is 2.36. The van der Waals surface area contributed by atoms with Crippen molar-refractivity contribution in [3.63, 3.8) is 0 Å². The van der Waals surface area contributed by atoms with E-state index in [1.54, 1.807) is 0 Å². The third kappa shape index (κ3) is 1.87. The Labute approximate surface area is 79.7 Å². The van der Waals surface area contributed by atoms with Crippen molar-refractivity contribution in [3.05, 3.63) is 0 Å². The Morgan fingerprint density at radius 2 is 2.15 bits per heavy atom. The average molecular weight is 185 g/mol. The normalized spacial score (nSPS) is 36.5. The zero-order chi connectivity index (χ0) is 9.26. The summed E-state index contributed by atoms with van der Waals surface area (Å²) < 4.78 is 5.48. The highest BCUT2D eigenvalue weighted by Crippen LogP contribution is 2.28. The molecule has 2 rings (SSSR count). The van der Waals surface area contributed by atoms with Gasteiger partial charge in [0.05, 0.1) is 12.2 Å². The van der Waals surface area contributed by atoms with E-state index in [4.69, 9.17) is 4.74 Å². The first-order valence-corrected chi connectivity index (χ1v) is 5.35. The molecule has 1 aliphatic carbocycles. The van der Waals surface area contributed by atoms with Crippen molar-refractivity contribution in [2.24, 2.45) is 0 Å². The second-order valence-corrected chi connectivity index (χ2v) is 4.10. The lowest BCUT2D eigenvalue weighted by Gasteiger charge is -2.43. The van der Waals surface area contributed by atoms with Crippen LogP contribution in [-0.4, -0.2) is 48.0 Å². The molecule has 1 saturated carbocycles. The molecule has 0 aromatic carbocycles. The zero-order valence-electron chi connectivity index (χ0n) is 8.28. The Morgan fingerprint density at radius 3 is 2.69 bits per heavy atom. The number of likely N-dealkylation sites (tertiary alicyclic amines) is 1. The van der Waals surface area contributed by atoms with Crippen molar-refractivity contribution < 1.29 is 9.84 Å². The van der Waals surface area contributed by atoms with Crippen molar-refractivity contribution in [3.8, 4) is 0 Å². The maximum absolute atomic E-state index is 9.66. The Bertz CT molecular complexity index is 168. The van der Waals surface area contributed by atoms with Crippen LogP contribution in [-0.2, 0) is 4.74 Å². The van der Waals surface area contributed by atoms with E-state index in [1.807, 2.05) is 6.92 Å². The van der Waals surface area contributed by atoms with Gasteiger partial charge in [-0.25, -0.2) is 0 Å². The number of nitrogens with zero attached hydrogens (tertiary/aromatic N) is 1. The Kier molecular flexibility index (Phi) is 2.86. The van der Waals surface area contributed by atoms with Crippen LogP contribution in [0.5, 0.6) is 0 Å². The molecule has 1 N–H and O–H groups in total. The molecule has 2 aliphatic rings. The highest BCUT2D eigenvalue weighted by Gasteiger charge is 2.38. The van der Waals surface area contributed by atoms with E-state index in [1.165, 1.54) is 12.8 Å². The topological polar surface area (TPSA) is 32.7 Å². The van der Waals surface area contributed by atoms with Crippen LogP contribution in [0.2, 0.25) is 0 Å². The molecule has 0 aromatic rings. The van der Waals surface area contributed by atoms with Crippen molar-refractivity contribution in [1.29, 1.82) is 0 Å². The second kappa shape index (κ2) is 3.95. The van der Waals surface area contributed by atoms with Gasteiger partial charge in [0, 0.05) is 25.7 Å². The molecule has 0 unspecified atom stereocenters. The molecule has 0 aromatic heterocycles. The van der Waals surface area contributed by atoms with Gasteiger partial charge < -0.3 is 9.84 Å². The molecule has 1 heterocycles. The molecule has 0 bridgehead atoms. The van der Waals surface area contributed by atoms with Crippen LogP contribution in [0.25, 0.3) is 0 Å². The summed E-state index contributed by atoms with van der Waals surface area (Å²) in [6.45, 7) is 4.89. The van der Waals surface area contributed by atoms with Gasteiger partial charge >= 0.3 is 0 Å². The molecule has 0 radical (unpaired) electrons. The second-order valence-electron chi connectivity index (χ2n) is 4.10. The number of aliphatic hydroxyl groups excluding tert-OH is 1. The number of ether oxygens (including phenoxy) is 1. The van der Waals surface area contributed by atoms with Crippen LogP contribution in [0.15, 0.2) is 0 Å². The quantitative estimate of drug-likeness (QED) is 0.699. The predicted octanol–water partition coefficient (Wildman–Crippen LogP) is 0.620. The molecule has 1 saturated heterocycles. The van der Waals surface area contributed by atoms with E-state index in [2.05, 4.69) is 4.90 Å². The van der Waals surface area contributed by atoms with E-state index in [-0.39, 0.29) is 6.10 Å². The highest BCUT2D eigenvalue weighted by molar-refractivity contribution is 4.92. The van der Waals surface area contributed by atoms with Gasteiger partial charge in [-0.15, -0.1) is 0 Å². The van der Waals surface area contributed by atoms with Crippen LogP contribution in [0, 0.1) is 0 Å². The van der Waals surface area contributed by atoms with E-state index in [0.29, 0.717) is 12.1 Å². The van der Waals surface area contributed by atoms with Gasteiger partial charge in [0.15, 0.2) is 0 Å². The fourth-order valence-corrected chi connectivity index (χ4v) is 2.43. The van der Waals surface area contributed by atoms with Gasteiger partial charge in [-0.1, -0.05) is 0 Å². The van der Waals surface area contributed by atoms with Gasteiger partial charge in [0.2, 0.25) is 0 Å². The standard InChI is InChI=1S/C10H19NO2/c1-2-13-8-6-11(7-8)9-4-3-5-10(9)12/h8-10,12H,2-7H2,1H3/t9-,10-/m1/s1. The average Bonchev–Trinajstić information content (AvgIpc) is 2.43. The predicted molar refractivity (Wildman–Crippen MR) is 50.6 cm³/mol. The summed E-state index contributed by atoms with van der Waals surface area (Å²) in [6.07, 6.45) is 3.68. The van der Waals surface area contributed by atoms with E-state index in [9.17, 15) is 5.11 Å². The third-order valence-corrected chi connectivity index (χ3v) is 3.19. The molecule has 3 nitrogen and oxygen atoms in total. The minimum absolute atomic E-state index is 0.0809. The molecule has 1 aliphatic heterocycles. The first-order valence-electron chi connectivity index (χ1n) is 5.35. The number of hydrogen-bond acceptors (Lipinski definition) is 3. The summed E-state index contributed by atoms with van der Waals surface area (Å²) in [6, 6.07) is 0.428. The lowest BCUT2D eigenvalue weighted by molar-refractivity contribution is -0.0838. The lowest BCUT2D eigenvalue weighted by Crippen LogP contribution is -2.58. The Morgan fingerprint density at radius 1 is 1.38 bits per heavy atom. The third-order valence-electron chi connectivity index (χ3n) is 3.19. The van der Waals surface area contributed by atoms with Crippen LogP contribution < -0.4 is 0 Å². The van der Waals surface area contributed by atoms with E-state index in [0.717, 1.165) is 26.1 Å². The summed E-state index contributed by atoms with van der Waals surface area (Å²) in [5.74, 6) is 0. The molecular formula is C10H19NO2. The van der Waals surface area contributed by atoms with E-state index < -0.39 is 0 Å². The maximum atomic E-state index is 9.66. The fourth-order valence-electron chi connectivity index (χ4n) is 2.43. The van der Waals surface area contributed by atoms with Gasteiger partial charge in [-0.2, -0.15) is 0 Å². The Balaban J connectivity index is 1.73. The summed E-state index contributed by atoms with van der Waals surface area (Å²) in [7, 11) is 0. The summed E-state index contributed by atoms with van der Waals surface area (Å²) >= 11 is 0. The maximum Gasteiger partial charge on any atom is 0.0828 e. The SMILES string of the molecule is CCOC1CN([C@@H]2CCC[C@H]2O)C1. The monoisotopic (exact) mass is 185 g/mol. The number of rotatable bonds is 3. The highest BCUT2D eigenvalue weighted by atomic mass is 16.5. The van der Waals surface area contributed by atoms with Gasteiger partial charge in [-0.05, 0) is 26.2 Å². The summed E-state index contributed by atoms with van der Waals surface area (Å²) in [5, 5.41) is 9.66. The fraction of sp³-hybridized carbons (Fsp3) is 1.00. The summed E-state index contributed by atoms with van der Waals surface area (Å²) in [5.41, 5.74) is 0. The molecule has 76 valence electrons. The lowest BCUT2D eigenvalue weighted by atomic mass is 10.1.